The molecule has 0 unspecified atom stereocenters. The van der Waals surface area contributed by atoms with E-state index in [1.807, 2.05) is 24.8 Å². The molecule has 1 aliphatic heterocycles. The van der Waals surface area contributed by atoms with Gasteiger partial charge in [-0.1, -0.05) is 11.3 Å². The summed E-state index contributed by atoms with van der Waals surface area (Å²) in [5.41, 5.74) is -0.139. The lowest BCUT2D eigenvalue weighted by atomic mass is 9.89. The summed E-state index contributed by atoms with van der Waals surface area (Å²) < 4.78 is 15.6. The summed E-state index contributed by atoms with van der Waals surface area (Å²) in [4.78, 5) is 1.85. The second-order valence-corrected chi connectivity index (χ2v) is 6.48. The molecule has 2 aromatic rings. The van der Waals surface area contributed by atoms with Gasteiger partial charge in [-0.2, -0.15) is 5.26 Å². The Kier molecular flexibility index (Phi) is 4.24. The zero-order valence-electron chi connectivity index (χ0n) is 13.8. The smallest absolute Gasteiger partial charge is 0.143 e. The molecule has 1 saturated heterocycles. The third-order valence-electron chi connectivity index (χ3n) is 4.43. The Morgan fingerprint density at radius 3 is 2.88 bits per heavy atom. The fourth-order valence-electron chi connectivity index (χ4n) is 3.08. The molecule has 3 rings (SSSR count). The maximum absolute atomic E-state index is 13.9. The third-order valence-corrected chi connectivity index (χ3v) is 4.43. The third kappa shape index (κ3) is 2.85. The van der Waals surface area contributed by atoms with Gasteiger partial charge < -0.3 is 10.0 Å². The first-order valence-corrected chi connectivity index (χ1v) is 8.03. The van der Waals surface area contributed by atoms with Gasteiger partial charge in [0, 0.05) is 12.6 Å². The zero-order chi connectivity index (χ0) is 17.3. The van der Waals surface area contributed by atoms with Crippen molar-refractivity contribution < 1.29 is 9.50 Å². The first kappa shape index (κ1) is 16.4. The van der Waals surface area contributed by atoms with Crippen LogP contribution >= 0.6 is 0 Å². The van der Waals surface area contributed by atoms with E-state index in [-0.39, 0.29) is 18.2 Å². The highest BCUT2D eigenvalue weighted by Crippen LogP contribution is 2.34. The van der Waals surface area contributed by atoms with Gasteiger partial charge in [0.15, 0.2) is 0 Å². The van der Waals surface area contributed by atoms with Gasteiger partial charge in [0.05, 0.1) is 18.4 Å². The lowest BCUT2D eigenvalue weighted by molar-refractivity contribution is 0.0176. The van der Waals surface area contributed by atoms with Crippen molar-refractivity contribution in [2.24, 2.45) is 0 Å². The molecule has 2 heterocycles. The molecule has 6 nitrogen and oxygen atoms in total. The molecule has 1 N–H and O–H groups in total. The van der Waals surface area contributed by atoms with Crippen molar-refractivity contribution in [3.05, 3.63) is 41.5 Å². The minimum absolute atomic E-state index is 0.00702. The number of anilines is 1. The quantitative estimate of drug-likeness (QED) is 0.935. The van der Waals surface area contributed by atoms with E-state index in [2.05, 4.69) is 10.3 Å². The maximum atomic E-state index is 13.9. The molecule has 0 bridgehead atoms. The molecule has 1 aromatic carbocycles. The summed E-state index contributed by atoms with van der Waals surface area (Å²) in [5.74, 6) is -0.546. The van der Waals surface area contributed by atoms with Crippen LogP contribution < -0.4 is 4.90 Å². The van der Waals surface area contributed by atoms with Crippen LogP contribution in [0.5, 0.6) is 0 Å². The molecule has 1 atom stereocenters. The van der Waals surface area contributed by atoms with E-state index in [1.165, 1.54) is 6.07 Å². The van der Waals surface area contributed by atoms with Gasteiger partial charge in [-0.25, -0.2) is 9.07 Å². The molecule has 0 aliphatic carbocycles. The van der Waals surface area contributed by atoms with Crippen molar-refractivity contribution in [1.82, 2.24) is 15.0 Å². The van der Waals surface area contributed by atoms with Crippen LogP contribution in [-0.4, -0.2) is 33.2 Å². The first-order valence-electron chi connectivity index (χ1n) is 8.03. The van der Waals surface area contributed by atoms with Crippen LogP contribution in [0.15, 0.2) is 24.4 Å². The molecule has 24 heavy (non-hydrogen) atoms. The van der Waals surface area contributed by atoms with Crippen LogP contribution in [-0.2, 0) is 5.60 Å². The molecule has 0 radical (unpaired) electrons. The van der Waals surface area contributed by atoms with Crippen LogP contribution in [0.4, 0.5) is 10.1 Å². The van der Waals surface area contributed by atoms with E-state index in [9.17, 15) is 14.8 Å². The monoisotopic (exact) mass is 329 g/mol. The van der Waals surface area contributed by atoms with Gasteiger partial charge in [0.1, 0.15) is 28.7 Å². The average molecular weight is 329 g/mol. The van der Waals surface area contributed by atoms with Gasteiger partial charge in [-0.3, -0.25) is 0 Å². The lowest BCUT2D eigenvalue weighted by Gasteiger charge is -2.39. The number of hydrogen-bond acceptors (Lipinski definition) is 5. The highest BCUT2D eigenvalue weighted by atomic mass is 19.1. The normalized spacial score (nSPS) is 21.1. The van der Waals surface area contributed by atoms with Crippen molar-refractivity contribution in [1.29, 1.82) is 5.26 Å². The molecular weight excluding hydrogens is 309 g/mol. The molecule has 0 spiro atoms. The van der Waals surface area contributed by atoms with Crippen molar-refractivity contribution in [3.63, 3.8) is 0 Å². The largest absolute Gasteiger partial charge is 0.382 e. The Hall–Kier alpha value is -2.46. The number of rotatable bonds is 3. The minimum Gasteiger partial charge on any atom is -0.382 e. The Bertz CT molecular complexity index is 782. The average Bonchev–Trinajstić information content (AvgIpc) is 3.06. The van der Waals surface area contributed by atoms with E-state index >= 15 is 0 Å². The molecular formula is C17H20FN5O. The molecule has 126 valence electrons. The second kappa shape index (κ2) is 6.21. The molecule has 0 saturated carbocycles. The van der Waals surface area contributed by atoms with Crippen molar-refractivity contribution in [3.8, 4) is 6.07 Å². The van der Waals surface area contributed by atoms with E-state index in [4.69, 9.17) is 0 Å². The highest BCUT2D eigenvalue weighted by molar-refractivity contribution is 5.60. The number of halogens is 1. The number of benzene rings is 1. The van der Waals surface area contributed by atoms with E-state index in [0.717, 1.165) is 0 Å². The Morgan fingerprint density at radius 2 is 2.21 bits per heavy atom. The zero-order valence-corrected chi connectivity index (χ0v) is 13.8. The molecule has 7 heteroatoms. The van der Waals surface area contributed by atoms with Gasteiger partial charge >= 0.3 is 0 Å². The summed E-state index contributed by atoms with van der Waals surface area (Å²) in [6.45, 7) is 4.88. The van der Waals surface area contributed by atoms with Crippen molar-refractivity contribution in [2.45, 2.75) is 38.3 Å². The summed E-state index contributed by atoms with van der Waals surface area (Å²) >= 11 is 0. The summed E-state index contributed by atoms with van der Waals surface area (Å²) in [6, 6.07) is 6.63. The van der Waals surface area contributed by atoms with Crippen LogP contribution in [0.3, 0.4) is 0 Å². The first-order chi connectivity index (χ1) is 11.4. The number of hydrogen-bond donors (Lipinski definition) is 1. The minimum atomic E-state index is -1.16. The van der Waals surface area contributed by atoms with Crippen molar-refractivity contribution in [2.75, 3.05) is 18.0 Å². The SMILES string of the molecule is CC(C)n1cc([C@@]2(O)CCCN(c3cccc(F)c3C#N)C2)nn1. The molecule has 1 aliphatic rings. The fraction of sp³-hybridized carbons (Fsp3) is 0.471. The summed E-state index contributed by atoms with van der Waals surface area (Å²) in [5, 5.41) is 28.5. The summed E-state index contributed by atoms with van der Waals surface area (Å²) in [6.07, 6.45) is 3.02. The number of aromatic nitrogens is 3. The predicted octanol–water partition coefficient (Wildman–Crippen LogP) is 2.36. The van der Waals surface area contributed by atoms with Gasteiger partial charge in [-0.15, -0.1) is 5.10 Å². The molecule has 1 fully saturated rings. The lowest BCUT2D eigenvalue weighted by Crippen LogP contribution is -2.46. The second-order valence-electron chi connectivity index (χ2n) is 6.48. The number of aliphatic hydroxyl groups is 1. The Balaban J connectivity index is 1.91. The standard InChI is InChI=1S/C17H20FN5O/c1-12(2)23-10-16(20-21-23)17(24)7-4-8-22(11-17)15-6-3-5-14(18)13(15)9-19/h3,5-6,10,12,24H,4,7-8,11H2,1-2H3/t17-/m1/s1. The van der Waals surface area contributed by atoms with Crippen LogP contribution in [0.2, 0.25) is 0 Å². The highest BCUT2D eigenvalue weighted by Gasteiger charge is 2.38. The van der Waals surface area contributed by atoms with Crippen molar-refractivity contribution >= 4 is 5.69 Å². The van der Waals surface area contributed by atoms with E-state index in [1.54, 1.807) is 23.0 Å². The van der Waals surface area contributed by atoms with Crippen LogP contribution in [0.25, 0.3) is 0 Å². The summed E-state index contributed by atoms with van der Waals surface area (Å²) in [7, 11) is 0. The van der Waals surface area contributed by atoms with E-state index < -0.39 is 11.4 Å². The van der Waals surface area contributed by atoms with Gasteiger partial charge in [0.25, 0.3) is 0 Å². The fourth-order valence-corrected chi connectivity index (χ4v) is 3.08. The van der Waals surface area contributed by atoms with Crippen LogP contribution in [0.1, 0.15) is 44.0 Å². The van der Waals surface area contributed by atoms with Crippen LogP contribution in [0, 0.1) is 17.1 Å². The van der Waals surface area contributed by atoms with Gasteiger partial charge in [-0.05, 0) is 38.8 Å². The number of piperidine rings is 1. The Morgan fingerprint density at radius 1 is 1.42 bits per heavy atom. The Labute approximate surface area is 140 Å². The number of nitrogens with zero attached hydrogens (tertiary/aromatic N) is 5. The van der Waals surface area contributed by atoms with E-state index in [0.29, 0.717) is 30.8 Å². The number of β-amino-alcohol motifs (C(OH)–C–C–N with tert-alkyl or cyclic N) is 1. The van der Waals surface area contributed by atoms with Gasteiger partial charge in [0.2, 0.25) is 0 Å². The predicted molar refractivity (Wildman–Crippen MR) is 86.9 cm³/mol. The number of nitriles is 1. The molecule has 1 aromatic heterocycles. The maximum Gasteiger partial charge on any atom is 0.143 e. The topological polar surface area (TPSA) is 78.0 Å². The molecule has 0 amide bonds.